The Hall–Kier alpha value is -6.51. The zero-order valence-electron chi connectivity index (χ0n) is 41.7. The molecule has 2 saturated heterocycles. The van der Waals surface area contributed by atoms with E-state index in [0.717, 1.165) is 78.7 Å². The van der Waals surface area contributed by atoms with Gasteiger partial charge in [0.2, 0.25) is 11.8 Å². The van der Waals surface area contributed by atoms with Gasteiger partial charge in [-0.25, -0.2) is 14.6 Å². The maximum Gasteiger partial charge on any atom is 0.407 e. The van der Waals surface area contributed by atoms with Crippen molar-refractivity contribution in [1.82, 2.24) is 35.7 Å². The van der Waals surface area contributed by atoms with Crippen molar-refractivity contribution in [1.29, 1.82) is 0 Å². The quantitative estimate of drug-likeness (QED) is 0.0968. The van der Waals surface area contributed by atoms with E-state index in [1.165, 1.54) is 56.6 Å². The van der Waals surface area contributed by atoms with Gasteiger partial charge < -0.3 is 40.2 Å². The molecule has 8 rings (SSSR count). The summed E-state index contributed by atoms with van der Waals surface area (Å²) in [5.74, 6) is 0.316. The smallest absolute Gasteiger partial charge is 0.407 e. The molecule has 0 radical (unpaired) electrons. The summed E-state index contributed by atoms with van der Waals surface area (Å²) in [6.45, 7) is 12.9. The lowest BCUT2D eigenvalue weighted by atomic mass is 9.82. The average Bonchev–Trinajstić information content (AvgIpc) is 4.15. The van der Waals surface area contributed by atoms with Crippen molar-refractivity contribution >= 4 is 41.3 Å². The SMILES string of the molecule is C=C/C=C(\C=C1/CN=C([C@@H]2CCCCN2C(=O)[C@@H](NC(=O)OC)C(C)C)NC1=O)c1ccc(-c2ccc(-c3cnc([C@@H]4CCCCN4C(=O)C(NC(=O)OC)C(C)C)[nH]3)cc2)c2c1CC1(CCCC1)C2. The van der Waals surface area contributed by atoms with Crippen molar-refractivity contribution in [2.75, 3.05) is 33.9 Å². The minimum absolute atomic E-state index is 0.122. The first kappa shape index (κ1) is 49.9. The Bertz CT molecular complexity index is 2570. The van der Waals surface area contributed by atoms with Gasteiger partial charge in [0, 0.05) is 18.7 Å². The molecule has 15 heteroatoms. The number of fused-ring (bicyclic) bond motifs is 1. The highest BCUT2D eigenvalue weighted by Crippen LogP contribution is 2.52. The van der Waals surface area contributed by atoms with Crippen LogP contribution in [-0.2, 0) is 36.7 Å². The van der Waals surface area contributed by atoms with Gasteiger partial charge in [-0.2, -0.15) is 0 Å². The van der Waals surface area contributed by atoms with Crippen LogP contribution in [0.2, 0.25) is 0 Å². The summed E-state index contributed by atoms with van der Waals surface area (Å²) >= 11 is 0. The number of hydrogen-bond acceptors (Lipinski definition) is 9. The first-order valence-corrected chi connectivity index (χ1v) is 25.2. The van der Waals surface area contributed by atoms with Gasteiger partial charge in [0.25, 0.3) is 5.91 Å². The standard InChI is InChI=1S/C55H70N8O7/c1-8-15-37(28-38-31-56-49(61-50(38)64)45-17-10-14-27-63(45)52(66)47(34(4)5)60-54(68)70-7)40-23-22-39(41-29-55(30-42(40)41)24-11-12-25-55)35-18-20-36(21-19-35)43-32-57-48(58-43)44-16-9-13-26-62(44)51(65)46(33(2)3)59-53(67)69-6/h8,15,18-23,28,32-34,44-47H,1,9-14,16-17,24-27,29-31H2,2-7H3,(H,57,58)(H,59,67)(H,60,68)(H,56,61,64)/b37-15+,38-28+/t44-,45-,46?,47-/m0/s1. The largest absolute Gasteiger partial charge is 0.453 e. The molecule has 4 N–H and O–H groups in total. The van der Waals surface area contributed by atoms with Crippen molar-refractivity contribution < 1.29 is 33.4 Å². The fourth-order valence-corrected chi connectivity index (χ4v) is 11.4. The average molecular weight is 955 g/mol. The second kappa shape index (κ2) is 21.6. The number of amidine groups is 1. The molecule has 372 valence electrons. The molecule has 1 spiro atoms. The molecular formula is C55H70N8O7. The molecule has 1 aromatic heterocycles. The molecule has 5 aliphatic rings. The van der Waals surface area contributed by atoms with Crippen molar-refractivity contribution in [3.05, 3.63) is 95.5 Å². The van der Waals surface area contributed by atoms with Crippen LogP contribution >= 0.6 is 0 Å². The van der Waals surface area contributed by atoms with Crippen LogP contribution < -0.4 is 16.0 Å². The summed E-state index contributed by atoms with van der Waals surface area (Å²) in [4.78, 5) is 83.0. The van der Waals surface area contributed by atoms with Gasteiger partial charge >= 0.3 is 12.2 Å². The number of H-pyrrole nitrogens is 1. The molecule has 5 amide bonds. The number of amides is 5. The van der Waals surface area contributed by atoms with Gasteiger partial charge in [-0.3, -0.25) is 19.4 Å². The number of aliphatic imine (C=N–C) groups is 1. The number of rotatable bonds is 13. The van der Waals surface area contributed by atoms with E-state index in [4.69, 9.17) is 19.5 Å². The Morgan fingerprint density at radius 3 is 1.96 bits per heavy atom. The van der Waals surface area contributed by atoms with E-state index in [0.29, 0.717) is 30.9 Å². The molecule has 4 atom stereocenters. The number of methoxy groups -OCH3 is 2. The maximum absolute atomic E-state index is 14.0. The number of allylic oxidation sites excluding steroid dienone is 4. The van der Waals surface area contributed by atoms with Crippen LogP contribution in [0.5, 0.6) is 0 Å². The van der Waals surface area contributed by atoms with E-state index in [1.54, 1.807) is 11.0 Å². The number of ether oxygens (including phenoxy) is 2. The summed E-state index contributed by atoms with van der Waals surface area (Å²) in [5.41, 5.74) is 9.59. The zero-order valence-corrected chi connectivity index (χ0v) is 41.7. The van der Waals surface area contributed by atoms with Gasteiger partial charge in [0.15, 0.2) is 0 Å². The lowest BCUT2D eigenvalue weighted by molar-refractivity contribution is -0.138. The molecule has 3 fully saturated rings. The number of benzene rings is 2. The number of carbonyl (C=O) groups excluding carboxylic acids is 5. The van der Waals surface area contributed by atoms with E-state index < -0.39 is 30.3 Å². The normalized spacial score (nSPS) is 21.5. The van der Waals surface area contributed by atoms with Crippen LogP contribution in [0.25, 0.3) is 28.0 Å². The number of piperidine rings is 2. The number of likely N-dealkylation sites (tertiary alicyclic amines) is 2. The molecule has 1 saturated carbocycles. The lowest BCUT2D eigenvalue weighted by Crippen LogP contribution is -2.59. The third-order valence-electron chi connectivity index (χ3n) is 15.2. The van der Waals surface area contributed by atoms with Crippen molar-refractivity contribution in [3.63, 3.8) is 0 Å². The number of imidazole rings is 1. The Balaban J connectivity index is 1.03. The van der Waals surface area contributed by atoms with Gasteiger partial charge in [-0.05, 0) is 126 Å². The van der Waals surface area contributed by atoms with E-state index in [9.17, 15) is 24.0 Å². The molecule has 2 aliphatic carbocycles. The molecular weight excluding hydrogens is 885 g/mol. The number of nitrogens with one attached hydrogen (secondary N) is 4. The van der Waals surface area contributed by atoms with Gasteiger partial charge in [-0.15, -0.1) is 0 Å². The summed E-state index contributed by atoms with van der Waals surface area (Å²) in [5, 5.41) is 8.51. The monoisotopic (exact) mass is 955 g/mol. The van der Waals surface area contributed by atoms with E-state index in [1.807, 2.05) is 50.9 Å². The minimum Gasteiger partial charge on any atom is -0.453 e. The Labute approximate surface area is 412 Å². The van der Waals surface area contributed by atoms with Gasteiger partial charge in [0.1, 0.15) is 23.7 Å². The van der Waals surface area contributed by atoms with Crippen LogP contribution in [-0.4, -0.2) is 107 Å². The first-order valence-electron chi connectivity index (χ1n) is 25.2. The van der Waals surface area contributed by atoms with Crippen LogP contribution in [0.15, 0.2) is 78.0 Å². The minimum atomic E-state index is -0.773. The molecule has 0 bridgehead atoms. The predicted octanol–water partition coefficient (Wildman–Crippen LogP) is 8.62. The summed E-state index contributed by atoms with van der Waals surface area (Å²) < 4.78 is 9.64. The van der Waals surface area contributed by atoms with Crippen molar-refractivity contribution in [3.8, 4) is 22.4 Å². The first-order chi connectivity index (χ1) is 33.7. The van der Waals surface area contributed by atoms with Crippen molar-refractivity contribution in [2.45, 2.75) is 129 Å². The third-order valence-corrected chi connectivity index (χ3v) is 15.2. The van der Waals surface area contributed by atoms with Crippen LogP contribution in [0.1, 0.15) is 120 Å². The molecule has 4 heterocycles. The fraction of sp³-hybridized carbons (Fsp3) is 0.509. The fourth-order valence-electron chi connectivity index (χ4n) is 11.4. The molecule has 3 aromatic rings. The van der Waals surface area contributed by atoms with Crippen LogP contribution in [0.4, 0.5) is 9.59 Å². The zero-order chi connectivity index (χ0) is 49.7. The highest BCUT2D eigenvalue weighted by atomic mass is 16.5. The van der Waals surface area contributed by atoms with Gasteiger partial charge in [0.05, 0.1) is 44.7 Å². The Morgan fingerprint density at radius 2 is 1.37 bits per heavy atom. The second-order valence-electron chi connectivity index (χ2n) is 20.4. The molecule has 1 unspecified atom stereocenters. The number of aromatic amines is 1. The molecule has 2 aromatic carbocycles. The predicted molar refractivity (Wildman–Crippen MR) is 270 cm³/mol. The Morgan fingerprint density at radius 1 is 0.786 bits per heavy atom. The number of carbonyl (C=O) groups is 5. The lowest BCUT2D eigenvalue weighted by Gasteiger charge is -2.39. The van der Waals surface area contributed by atoms with Gasteiger partial charge in [-0.1, -0.05) is 95.7 Å². The van der Waals surface area contributed by atoms with Crippen LogP contribution in [0, 0.1) is 17.3 Å². The number of nitrogens with zero attached hydrogens (tertiary/aromatic N) is 4. The third kappa shape index (κ3) is 10.5. The molecule has 3 aliphatic heterocycles. The second-order valence-corrected chi connectivity index (χ2v) is 20.4. The maximum atomic E-state index is 14.0. The van der Waals surface area contributed by atoms with E-state index in [2.05, 4.69) is 63.9 Å². The van der Waals surface area contributed by atoms with E-state index >= 15 is 0 Å². The summed E-state index contributed by atoms with van der Waals surface area (Å²) in [6.07, 6.45) is 18.0. The summed E-state index contributed by atoms with van der Waals surface area (Å²) in [6, 6.07) is 10.9. The number of aromatic nitrogens is 2. The van der Waals surface area contributed by atoms with E-state index in [-0.39, 0.29) is 47.6 Å². The molecule has 15 nitrogen and oxygen atoms in total. The van der Waals surface area contributed by atoms with Crippen LogP contribution in [0.3, 0.4) is 0 Å². The van der Waals surface area contributed by atoms with Crippen molar-refractivity contribution in [2.24, 2.45) is 22.2 Å². The highest BCUT2D eigenvalue weighted by molar-refractivity contribution is 6.12. The molecule has 70 heavy (non-hydrogen) atoms. The number of hydrogen-bond donors (Lipinski definition) is 4. The number of alkyl carbamates (subject to hydrolysis) is 2. The Kier molecular flexibility index (Phi) is 15.4. The highest BCUT2D eigenvalue weighted by Gasteiger charge is 2.43. The summed E-state index contributed by atoms with van der Waals surface area (Å²) in [7, 11) is 2.58. The topological polar surface area (TPSA) is 187 Å².